The molecule has 0 spiro atoms. The number of nitrogens with one attached hydrogen (secondary N) is 1. The quantitative estimate of drug-likeness (QED) is 0.124. The van der Waals surface area contributed by atoms with Gasteiger partial charge >= 0.3 is 0 Å². The van der Waals surface area contributed by atoms with Gasteiger partial charge in [0.05, 0.1) is 0 Å². The lowest BCUT2D eigenvalue weighted by Gasteiger charge is -2.18. The van der Waals surface area contributed by atoms with Crippen molar-refractivity contribution in [2.24, 2.45) is 0 Å². The summed E-state index contributed by atoms with van der Waals surface area (Å²) in [5, 5.41) is 13.6. The standard InChI is InChI=1S/C33H31ClN4OS/c34-28-20-18-27(19-21-28)32-36-37-33(38(32)29-15-8-3-9-16-29)40-24-10-17-31(39)35-23-22-30(25-11-4-1-5-12-25)26-13-6-2-7-14-26/h1-9,11-16,18-21,30H,10,17,22-24H2,(H,35,39). The number of halogens is 1. The van der Waals surface area contributed by atoms with Gasteiger partial charge in [0.2, 0.25) is 5.91 Å². The number of amides is 1. The molecule has 0 saturated heterocycles. The fraction of sp³-hybridized carbons (Fsp3) is 0.182. The molecule has 0 radical (unpaired) electrons. The van der Waals surface area contributed by atoms with E-state index in [1.807, 2.05) is 66.7 Å². The summed E-state index contributed by atoms with van der Waals surface area (Å²) < 4.78 is 2.06. The van der Waals surface area contributed by atoms with Crippen molar-refractivity contribution in [3.63, 3.8) is 0 Å². The molecule has 7 heteroatoms. The summed E-state index contributed by atoms with van der Waals surface area (Å²) in [5.41, 5.74) is 4.46. The Labute approximate surface area is 244 Å². The third kappa shape index (κ3) is 7.20. The Hall–Kier alpha value is -3.87. The number of aromatic nitrogens is 3. The maximum Gasteiger partial charge on any atom is 0.220 e. The highest BCUT2D eigenvalue weighted by molar-refractivity contribution is 7.99. The molecule has 0 bridgehead atoms. The molecular weight excluding hydrogens is 536 g/mol. The van der Waals surface area contributed by atoms with Crippen LogP contribution in [0.25, 0.3) is 17.1 Å². The second kappa shape index (κ2) is 14.0. The highest BCUT2D eigenvalue weighted by atomic mass is 35.5. The molecule has 1 N–H and O–H groups in total. The average molecular weight is 567 g/mol. The Morgan fingerprint density at radius 3 is 2.02 bits per heavy atom. The molecule has 40 heavy (non-hydrogen) atoms. The average Bonchev–Trinajstić information content (AvgIpc) is 3.43. The number of benzene rings is 4. The van der Waals surface area contributed by atoms with Crippen molar-refractivity contribution < 1.29 is 4.79 Å². The molecule has 0 unspecified atom stereocenters. The van der Waals surface area contributed by atoms with Gasteiger partial charge in [-0.25, -0.2) is 0 Å². The lowest BCUT2D eigenvalue weighted by atomic mass is 9.88. The first-order valence-electron chi connectivity index (χ1n) is 13.5. The Bertz CT molecular complexity index is 1450. The van der Waals surface area contributed by atoms with Gasteiger partial charge in [-0.3, -0.25) is 9.36 Å². The normalized spacial score (nSPS) is 11.1. The summed E-state index contributed by atoms with van der Waals surface area (Å²) in [5.74, 6) is 1.84. The predicted octanol–water partition coefficient (Wildman–Crippen LogP) is 7.80. The van der Waals surface area contributed by atoms with Crippen molar-refractivity contribution in [2.45, 2.75) is 30.3 Å². The molecule has 0 fully saturated rings. The summed E-state index contributed by atoms with van der Waals surface area (Å²) in [6.45, 7) is 0.632. The van der Waals surface area contributed by atoms with Gasteiger partial charge in [-0.05, 0) is 60.4 Å². The molecule has 0 atom stereocenters. The van der Waals surface area contributed by atoms with E-state index in [-0.39, 0.29) is 11.8 Å². The van der Waals surface area contributed by atoms with E-state index in [1.165, 1.54) is 11.1 Å². The molecule has 0 aliphatic rings. The largest absolute Gasteiger partial charge is 0.356 e. The van der Waals surface area contributed by atoms with Crippen LogP contribution in [-0.2, 0) is 4.79 Å². The third-order valence-electron chi connectivity index (χ3n) is 6.69. The van der Waals surface area contributed by atoms with E-state index >= 15 is 0 Å². The van der Waals surface area contributed by atoms with E-state index in [2.05, 4.69) is 68.6 Å². The van der Waals surface area contributed by atoms with Crippen LogP contribution >= 0.6 is 23.4 Å². The smallest absolute Gasteiger partial charge is 0.220 e. The molecule has 5 aromatic rings. The number of carbonyl (C=O) groups is 1. The van der Waals surface area contributed by atoms with Crippen LogP contribution in [0.3, 0.4) is 0 Å². The van der Waals surface area contributed by atoms with E-state index in [0.29, 0.717) is 18.0 Å². The van der Waals surface area contributed by atoms with Crippen molar-refractivity contribution >= 4 is 29.3 Å². The van der Waals surface area contributed by atoms with Crippen molar-refractivity contribution in [1.29, 1.82) is 0 Å². The minimum atomic E-state index is 0.0758. The van der Waals surface area contributed by atoms with Crippen LogP contribution in [0.1, 0.15) is 36.3 Å². The number of nitrogens with zero attached hydrogens (tertiary/aromatic N) is 3. The first-order chi connectivity index (χ1) is 19.7. The summed E-state index contributed by atoms with van der Waals surface area (Å²) >= 11 is 7.70. The van der Waals surface area contributed by atoms with Gasteiger partial charge in [-0.2, -0.15) is 0 Å². The SMILES string of the molecule is O=C(CCCSc1nnc(-c2ccc(Cl)cc2)n1-c1ccccc1)NCCC(c1ccccc1)c1ccccc1. The number of rotatable bonds is 12. The van der Waals surface area contributed by atoms with Crippen LogP contribution < -0.4 is 5.32 Å². The Morgan fingerprint density at radius 2 is 1.40 bits per heavy atom. The molecule has 1 aromatic heterocycles. The van der Waals surface area contributed by atoms with Gasteiger partial charge in [-0.1, -0.05) is 102 Å². The maximum absolute atomic E-state index is 12.6. The lowest BCUT2D eigenvalue weighted by molar-refractivity contribution is -0.121. The van der Waals surface area contributed by atoms with Gasteiger partial charge < -0.3 is 5.32 Å². The van der Waals surface area contributed by atoms with Crippen molar-refractivity contribution in [3.05, 3.63) is 131 Å². The minimum Gasteiger partial charge on any atom is -0.356 e. The highest BCUT2D eigenvalue weighted by Crippen LogP contribution is 2.30. The fourth-order valence-corrected chi connectivity index (χ4v) is 5.71. The number of hydrogen-bond acceptors (Lipinski definition) is 4. The van der Waals surface area contributed by atoms with Gasteiger partial charge in [0.15, 0.2) is 11.0 Å². The molecule has 202 valence electrons. The summed E-state index contributed by atoms with van der Waals surface area (Å²) in [4.78, 5) is 12.6. The molecule has 1 heterocycles. The van der Waals surface area contributed by atoms with Gasteiger partial charge in [0.25, 0.3) is 0 Å². The fourth-order valence-electron chi connectivity index (χ4n) is 4.70. The highest BCUT2D eigenvalue weighted by Gasteiger charge is 2.17. The number of hydrogen-bond donors (Lipinski definition) is 1. The zero-order valence-electron chi connectivity index (χ0n) is 22.1. The maximum atomic E-state index is 12.6. The van der Waals surface area contributed by atoms with Crippen LogP contribution in [0, 0.1) is 0 Å². The Balaban J connectivity index is 1.15. The molecule has 5 nitrogen and oxygen atoms in total. The van der Waals surface area contributed by atoms with Gasteiger partial charge in [0, 0.05) is 40.9 Å². The number of carbonyl (C=O) groups excluding carboxylic acids is 1. The third-order valence-corrected chi connectivity index (χ3v) is 7.96. The lowest BCUT2D eigenvalue weighted by Crippen LogP contribution is -2.25. The monoisotopic (exact) mass is 566 g/mol. The minimum absolute atomic E-state index is 0.0758. The van der Waals surface area contributed by atoms with Crippen LogP contribution in [0.2, 0.25) is 5.02 Å². The van der Waals surface area contributed by atoms with Crippen LogP contribution in [-0.4, -0.2) is 33.0 Å². The first-order valence-corrected chi connectivity index (χ1v) is 14.8. The topological polar surface area (TPSA) is 59.8 Å². The van der Waals surface area contributed by atoms with E-state index in [0.717, 1.165) is 40.8 Å². The van der Waals surface area contributed by atoms with E-state index in [1.54, 1.807) is 11.8 Å². The molecule has 5 rings (SSSR count). The molecular formula is C33H31ClN4OS. The molecule has 0 aliphatic carbocycles. The Morgan fingerprint density at radius 1 is 0.800 bits per heavy atom. The van der Waals surface area contributed by atoms with Gasteiger partial charge in [0.1, 0.15) is 0 Å². The molecule has 0 aliphatic heterocycles. The first kappa shape index (κ1) is 27.7. The number of para-hydroxylation sites is 1. The summed E-state index contributed by atoms with van der Waals surface area (Å²) in [6.07, 6.45) is 2.06. The van der Waals surface area contributed by atoms with Crippen LogP contribution in [0.15, 0.2) is 120 Å². The number of thioether (sulfide) groups is 1. The van der Waals surface area contributed by atoms with Crippen LogP contribution in [0.5, 0.6) is 0 Å². The molecule has 0 saturated carbocycles. The summed E-state index contributed by atoms with van der Waals surface area (Å²) in [7, 11) is 0. The predicted molar refractivity (Wildman–Crippen MR) is 164 cm³/mol. The van der Waals surface area contributed by atoms with Crippen molar-refractivity contribution in [2.75, 3.05) is 12.3 Å². The van der Waals surface area contributed by atoms with Crippen molar-refractivity contribution in [1.82, 2.24) is 20.1 Å². The van der Waals surface area contributed by atoms with Gasteiger partial charge in [-0.15, -0.1) is 10.2 Å². The summed E-state index contributed by atoms with van der Waals surface area (Å²) in [6, 6.07) is 38.6. The molecule has 1 amide bonds. The van der Waals surface area contributed by atoms with E-state index < -0.39 is 0 Å². The second-order valence-corrected chi connectivity index (χ2v) is 10.9. The second-order valence-electron chi connectivity index (χ2n) is 9.45. The van der Waals surface area contributed by atoms with Crippen molar-refractivity contribution in [3.8, 4) is 17.1 Å². The zero-order chi connectivity index (χ0) is 27.6. The molecule has 4 aromatic carbocycles. The van der Waals surface area contributed by atoms with E-state index in [4.69, 9.17) is 11.6 Å². The van der Waals surface area contributed by atoms with E-state index in [9.17, 15) is 4.79 Å². The van der Waals surface area contributed by atoms with Crippen LogP contribution in [0.4, 0.5) is 0 Å². The Kier molecular flexibility index (Phi) is 9.67. The zero-order valence-corrected chi connectivity index (χ0v) is 23.7.